The van der Waals surface area contributed by atoms with Crippen LogP contribution in [0.2, 0.25) is 0 Å². The Balaban J connectivity index is 0.00000272. The van der Waals surface area contributed by atoms with Gasteiger partial charge in [-0.2, -0.15) is 0 Å². The standard InChI is InChI=1S/C24H34N2O4.ClH/c1-25(2)13-15-29-23(27,17-25)21-9-5-19(6-10-21)20-7-11-22(12-8-20)24(28)18-26(3,4)14-16-30-24;/h5-12,27-28H,13-18H2,1-4H3;1H/q+2;/p-1. The van der Waals surface area contributed by atoms with Crippen molar-refractivity contribution in [2.75, 3.05) is 67.6 Å². The van der Waals surface area contributed by atoms with Gasteiger partial charge in [-0.1, -0.05) is 48.5 Å². The lowest BCUT2D eigenvalue weighted by Crippen LogP contribution is -3.00. The van der Waals surface area contributed by atoms with E-state index in [0.717, 1.165) is 44.3 Å². The molecule has 170 valence electrons. The molecule has 2 saturated heterocycles. The summed E-state index contributed by atoms with van der Waals surface area (Å²) in [6.07, 6.45) is 0. The number of hydrogen-bond acceptors (Lipinski definition) is 4. The minimum absolute atomic E-state index is 0. The zero-order valence-corrected chi connectivity index (χ0v) is 19.6. The molecule has 2 atom stereocenters. The van der Waals surface area contributed by atoms with Crippen LogP contribution in [0, 0.1) is 0 Å². The van der Waals surface area contributed by atoms with Crippen molar-refractivity contribution >= 4 is 0 Å². The maximum Gasteiger partial charge on any atom is 0.243 e. The van der Waals surface area contributed by atoms with E-state index in [0.29, 0.717) is 26.3 Å². The van der Waals surface area contributed by atoms with Gasteiger partial charge >= 0.3 is 0 Å². The summed E-state index contributed by atoms with van der Waals surface area (Å²) in [4.78, 5) is 0. The molecule has 2 aliphatic heterocycles. The first-order chi connectivity index (χ1) is 14.0. The van der Waals surface area contributed by atoms with E-state index in [2.05, 4.69) is 28.2 Å². The van der Waals surface area contributed by atoms with Gasteiger partial charge < -0.3 is 41.1 Å². The van der Waals surface area contributed by atoms with Crippen molar-refractivity contribution in [3.63, 3.8) is 0 Å². The fourth-order valence-corrected chi connectivity index (χ4v) is 4.53. The maximum absolute atomic E-state index is 11.0. The quantitative estimate of drug-likeness (QED) is 0.582. The van der Waals surface area contributed by atoms with Crippen molar-refractivity contribution in [1.29, 1.82) is 0 Å². The van der Waals surface area contributed by atoms with Crippen LogP contribution in [0.1, 0.15) is 11.1 Å². The van der Waals surface area contributed by atoms with Crippen LogP contribution >= 0.6 is 0 Å². The Morgan fingerprint density at radius 2 is 0.968 bits per heavy atom. The summed E-state index contributed by atoms with van der Waals surface area (Å²) in [5.74, 6) is -2.51. The van der Waals surface area contributed by atoms with E-state index in [-0.39, 0.29) is 12.4 Å². The van der Waals surface area contributed by atoms with Crippen LogP contribution in [0.4, 0.5) is 0 Å². The van der Waals surface area contributed by atoms with Gasteiger partial charge in [0.05, 0.1) is 41.4 Å². The first-order valence-corrected chi connectivity index (χ1v) is 10.6. The highest BCUT2D eigenvalue weighted by atomic mass is 35.5. The average molecular weight is 450 g/mol. The summed E-state index contributed by atoms with van der Waals surface area (Å²) in [5.41, 5.74) is 3.65. The summed E-state index contributed by atoms with van der Waals surface area (Å²) in [5, 5.41) is 22.0. The number of hydrogen-bond donors (Lipinski definition) is 2. The number of rotatable bonds is 3. The fraction of sp³-hybridized carbons (Fsp3) is 0.500. The van der Waals surface area contributed by atoms with Crippen LogP contribution in [-0.2, 0) is 21.0 Å². The molecule has 7 heteroatoms. The molecule has 0 aliphatic carbocycles. The third-order valence-electron chi connectivity index (χ3n) is 6.36. The molecule has 2 N–H and O–H groups in total. The molecule has 0 radical (unpaired) electrons. The third kappa shape index (κ3) is 5.12. The predicted octanol–water partition coefficient (Wildman–Crippen LogP) is -1.14. The second kappa shape index (κ2) is 8.45. The van der Waals surface area contributed by atoms with E-state index < -0.39 is 11.6 Å². The summed E-state index contributed by atoms with van der Waals surface area (Å²) in [6, 6.07) is 15.8. The van der Waals surface area contributed by atoms with E-state index in [1.165, 1.54) is 0 Å². The van der Waals surface area contributed by atoms with E-state index in [4.69, 9.17) is 9.47 Å². The van der Waals surface area contributed by atoms with Crippen LogP contribution in [0.15, 0.2) is 48.5 Å². The predicted molar refractivity (Wildman–Crippen MR) is 115 cm³/mol. The summed E-state index contributed by atoms with van der Waals surface area (Å²) >= 11 is 0. The lowest BCUT2D eigenvalue weighted by Gasteiger charge is -2.42. The highest BCUT2D eigenvalue weighted by molar-refractivity contribution is 5.64. The van der Waals surface area contributed by atoms with Gasteiger partial charge in [0.15, 0.2) is 0 Å². The van der Waals surface area contributed by atoms with Crippen molar-refractivity contribution in [1.82, 2.24) is 0 Å². The number of aliphatic hydroxyl groups is 2. The Morgan fingerprint density at radius 1 is 0.645 bits per heavy atom. The fourth-order valence-electron chi connectivity index (χ4n) is 4.53. The van der Waals surface area contributed by atoms with Crippen molar-refractivity contribution in [2.24, 2.45) is 0 Å². The maximum atomic E-state index is 11.0. The first kappa shape index (κ1) is 24.1. The van der Waals surface area contributed by atoms with Crippen molar-refractivity contribution in [3.8, 4) is 11.1 Å². The van der Waals surface area contributed by atoms with Crippen molar-refractivity contribution in [2.45, 2.75) is 11.6 Å². The normalized spacial score (nSPS) is 29.7. The lowest BCUT2D eigenvalue weighted by atomic mass is 9.96. The molecule has 6 nitrogen and oxygen atoms in total. The summed E-state index contributed by atoms with van der Waals surface area (Å²) < 4.78 is 12.9. The Kier molecular flexibility index (Phi) is 6.58. The molecule has 2 aromatic rings. The van der Waals surface area contributed by atoms with Crippen LogP contribution in [0.3, 0.4) is 0 Å². The van der Waals surface area contributed by atoms with Gasteiger partial charge in [-0.15, -0.1) is 0 Å². The summed E-state index contributed by atoms with van der Waals surface area (Å²) in [6.45, 7) is 3.89. The van der Waals surface area contributed by atoms with Gasteiger partial charge in [-0.3, -0.25) is 0 Å². The minimum atomic E-state index is -1.25. The number of nitrogens with zero attached hydrogens (tertiary/aromatic N) is 2. The topological polar surface area (TPSA) is 58.9 Å². The molecule has 0 bridgehead atoms. The number of quaternary nitrogens is 2. The van der Waals surface area contributed by atoms with Crippen LogP contribution in [0.5, 0.6) is 0 Å². The molecule has 2 heterocycles. The number of likely N-dealkylation sites (N-methyl/N-ethyl adjacent to an activating group) is 2. The second-order valence-electron chi connectivity index (χ2n) is 10.1. The van der Waals surface area contributed by atoms with E-state index >= 15 is 0 Å². The Labute approximate surface area is 191 Å². The lowest BCUT2D eigenvalue weighted by molar-refractivity contribution is -0.912. The van der Waals surface area contributed by atoms with Gasteiger partial charge in [0, 0.05) is 11.1 Å². The van der Waals surface area contributed by atoms with E-state index in [1.54, 1.807) is 0 Å². The first-order valence-electron chi connectivity index (χ1n) is 10.6. The number of morpholine rings is 2. The molecule has 0 spiro atoms. The van der Waals surface area contributed by atoms with Crippen LogP contribution in [-0.4, -0.2) is 86.8 Å². The second-order valence-corrected chi connectivity index (χ2v) is 10.1. The van der Waals surface area contributed by atoms with Crippen molar-refractivity contribution < 1.29 is 41.1 Å². The summed E-state index contributed by atoms with van der Waals surface area (Å²) in [7, 11) is 8.42. The number of ether oxygens (including phenoxy) is 2. The minimum Gasteiger partial charge on any atom is -1.00 e. The average Bonchev–Trinajstić information content (AvgIpc) is 2.66. The molecule has 2 unspecified atom stereocenters. The zero-order chi connectivity index (χ0) is 21.6. The molecule has 2 aromatic carbocycles. The highest BCUT2D eigenvalue weighted by Gasteiger charge is 2.43. The number of benzene rings is 2. The Bertz CT molecular complexity index is 825. The van der Waals surface area contributed by atoms with Gasteiger partial charge in [0.25, 0.3) is 0 Å². The van der Waals surface area contributed by atoms with Gasteiger partial charge in [-0.25, -0.2) is 0 Å². The molecular formula is C24H34ClN2O4+. The molecule has 0 amide bonds. The monoisotopic (exact) mass is 449 g/mol. The van der Waals surface area contributed by atoms with Crippen LogP contribution < -0.4 is 12.4 Å². The molecule has 31 heavy (non-hydrogen) atoms. The van der Waals surface area contributed by atoms with Crippen LogP contribution in [0.25, 0.3) is 11.1 Å². The van der Waals surface area contributed by atoms with E-state index in [9.17, 15) is 10.2 Å². The SMILES string of the molecule is C[N+]1(C)CCOC(O)(c2ccc(-c3ccc(C4(O)C[N+](C)(C)CCO4)cc3)cc2)C1.[Cl-]. The largest absolute Gasteiger partial charge is 1.00 e. The molecule has 4 rings (SSSR count). The molecule has 0 aromatic heterocycles. The van der Waals surface area contributed by atoms with Crippen molar-refractivity contribution in [3.05, 3.63) is 59.7 Å². The molecular weight excluding hydrogens is 416 g/mol. The highest BCUT2D eigenvalue weighted by Crippen LogP contribution is 2.33. The zero-order valence-electron chi connectivity index (χ0n) is 18.8. The Morgan fingerprint density at radius 3 is 1.26 bits per heavy atom. The molecule has 2 fully saturated rings. The molecule has 0 saturated carbocycles. The van der Waals surface area contributed by atoms with Gasteiger partial charge in [0.2, 0.25) is 11.6 Å². The number of halogens is 1. The third-order valence-corrected chi connectivity index (χ3v) is 6.36. The molecule has 2 aliphatic rings. The van der Waals surface area contributed by atoms with Gasteiger partial charge in [0.1, 0.15) is 26.2 Å². The van der Waals surface area contributed by atoms with E-state index in [1.807, 2.05) is 48.5 Å². The Hall–Kier alpha value is -1.51. The smallest absolute Gasteiger partial charge is 0.243 e. The van der Waals surface area contributed by atoms with Gasteiger partial charge in [-0.05, 0) is 11.1 Å².